The van der Waals surface area contributed by atoms with Crippen LogP contribution in [0.4, 0.5) is 0 Å². The van der Waals surface area contributed by atoms with Crippen molar-refractivity contribution >= 4 is 15.9 Å². The molecule has 1 amide bonds. The number of sulfonamides is 1. The summed E-state index contributed by atoms with van der Waals surface area (Å²) in [5, 5.41) is 2.97. The van der Waals surface area contributed by atoms with Crippen LogP contribution in [0.3, 0.4) is 0 Å². The van der Waals surface area contributed by atoms with Gasteiger partial charge in [0.05, 0.1) is 11.8 Å². The number of benzene rings is 2. The van der Waals surface area contributed by atoms with Crippen molar-refractivity contribution in [3.8, 4) is 0 Å². The summed E-state index contributed by atoms with van der Waals surface area (Å²) in [5.74, 6) is -0.188. The molecule has 1 aliphatic rings. The van der Waals surface area contributed by atoms with Crippen molar-refractivity contribution in [2.45, 2.75) is 38.0 Å². The van der Waals surface area contributed by atoms with Gasteiger partial charge in [-0.15, -0.1) is 0 Å². The molecule has 1 heterocycles. The van der Waals surface area contributed by atoms with Crippen LogP contribution in [-0.2, 0) is 15.8 Å². The summed E-state index contributed by atoms with van der Waals surface area (Å²) in [6.45, 7) is 3.16. The average molecular weight is 387 g/mol. The van der Waals surface area contributed by atoms with Gasteiger partial charge in [-0.2, -0.15) is 0 Å². The zero-order valence-electron chi connectivity index (χ0n) is 15.6. The first kappa shape index (κ1) is 19.6. The van der Waals surface area contributed by atoms with Gasteiger partial charge in [-0.05, 0) is 43.0 Å². The van der Waals surface area contributed by atoms with Gasteiger partial charge in [0, 0.05) is 18.7 Å². The Balaban J connectivity index is 1.62. The number of amides is 1. The summed E-state index contributed by atoms with van der Waals surface area (Å²) < 4.78 is 26.6. The number of piperidine rings is 1. The number of nitrogens with one attached hydrogen (secondary N) is 1. The summed E-state index contributed by atoms with van der Waals surface area (Å²) in [7, 11) is -3.29. The van der Waals surface area contributed by atoms with Crippen molar-refractivity contribution in [1.29, 1.82) is 0 Å². The van der Waals surface area contributed by atoms with E-state index in [-0.39, 0.29) is 17.7 Å². The highest BCUT2D eigenvalue weighted by molar-refractivity contribution is 7.88. The third kappa shape index (κ3) is 5.17. The predicted octanol–water partition coefficient (Wildman–Crippen LogP) is 3.49. The molecule has 1 atom stereocenters. The summed E-state index contributed by atoms with van der Waals surface area (Å²) in [6.07, 6.45) is 2.95. The van der Waals surface area contributed by atoms with E-state index in [1.165, 1.54) is 0 Å². The van der Waals surface area contributed by atoms with Gasteiger partial charge in [0.25, 0.3) is 5.91 Å². The zero-order valence-corrected chi connectivity index (χ0v) is 16.4. The topological polar surface area (TPSA) is 66.5 Å². The second-order valence-corrected chi connectivity index (χ2v) is 8.99. The molecule has 0 saturated carbocycles. The lowest BCUT2D eigenvalue weighted by Crippen LogP contribution is -2.36. The molecule has 1 aliphatic heterocycles. The molecule has 1 fully saturated rings. The molecule has 0 radical (unpaired) electrons. The van der Waals surface area contributed by atoms with Crippen LogP contribution in [0.25, 0.3) is 0 Å². The molecule has 0 bridgehead atoms. The Morgan fingerprint density at radius 1 is 1.00 bits per heavy atom. The molecule has 0 aromatic heterocycles. The standard InChI is InChI=1S/C21H26N2O3S/c1-17(19-8-4-2-5-9-19)22-21(24)20-12-10-18(11-13-20)16-27(25,26)23-14-6-3-7-15-23/h2,4-5,8-13,17H,3,6-7,14-16H2,1H3,(H,22,24)/t17-/m1/s1. The number of carbonyl (C=O) groups excluding carboxylic acids is 1. The molecule has 1 saturated heterocycles. The Labute approximate surface area is 161 Å². The molecule has 1 N–H and O–H groups in total. The van der Waals surface area contributed by atoms with Crippen LogP contribution in [-0.4, -0.2) is 31.7 Å². The van der Waals surface area contributed by atoms with Gasteiger partial charge in [0.2, 0.25) is 10.0 Å². The van der Waals surface area contributed by atoms with Crippen LogP contribution in [0.1, 0.15) is 53.7 Å². The Kier molecular flexibility index (Phi) is 6.29. The molecular weight excluding hydrogens is 360 g/mol. The van der Waals surface area contributed by atoms with Crippen molar-refractivity contribution in [3.63, 3.8) is 0 Å². The van der Waals surface area contributed by atoms with E-state index in [0.29, 0.717) is 24.2 Å². The quantitative estimate of drug-likeness (QED) is 0.826. The number of hydrogen-bond acceptors (Lipinski definition) is 3. The molecule has 2 aromatic rings. The second kappa shape index (κ2) is 8.67. The molecule has 6 heteroatoms. The van der Waals surface area contributed by atoms with Gasteiger partial charge in [-0.1, -0.05) is 48.9 Å². The van der Waals surface area contributed by atoms with E-state index < -0.39 is 10.0 Å². The fourth-order valence-corrected chi connectivity index (χ4v) is 4.91. The average Bonchev–Trinajstić information content (AvgIpc) is 2.69. The summed E-state index contributed by atoms with van der Waals surface area (Å²) in [6, 6.07) is 16.5. The molecule has 144 valence electrons. The molecule has 0 spiro atoms. The Bertz CT molecular complexity index is 858. The zero-order chi connectivity index (χ0) is 19.3. The van der Waals surface area contributed by atoms with E-state index in [0.717, 1.165) is 24.8 Å². The molecule has 27 heavy (non-hydrogen) atoms. The van der Waals surface area contributed by atoms with E-state index in [1.807, 2.05) is 37.3 Å². The minimum Gasteiger partial charge on any atom is -0.346 e. The first-order valence-electron chi connectivity index (χ1n) is 9.38. The smallest absolute Gasteiger partial charge is 0.251 e. The maximum Gasteiger partial charge on any atom is 0.251 e. The van der Waals surface area contributed by atoms with Crippen molar-refractivity contribution in [1.82, 2.24) is 9.62 Å². The van der Waals surface area contributed by atoms with E-state index >= 15 is 0 Å². The maximum atomic E-state index is 12.5. The van der Waals surface area contributed by atoms with Gasteiger partial charge in [-0.3, -0.25) is 4.79 Å². The first-order chi connectivity index (χ1) is 13.0. The van der Waals surface area contributed by atoms with E-state index in [4.69, 9.17) is 0 Å². The summed E-state index contributed by atoms with van der Waals surface area (Å²) >= 11 is 0. The molecule has 0 unspecified atom stereocenters. The van der Waals surface area contributed by atoms with Crippen LogP contribution in [0.2, 0.25) is 0 Å². The van der Waals surface area contributed by atoms with Gasteiger partial charge in [0.1, 0.15) is 0 Å². The predicted molar refractivity (Wildman–Crippen MR) is 107 cm³/mol. The van der Waals surface area contributed by atoms with Gasteiger partial charge in [0.15, 0.2) is 0 Å². The first-order valence-corrected chi connectivity index (χ1v) is 11.0. The van der Waals surface area contributed by atoms with Crippen molar-refractivity contribution in [2.24, 2.45) is 0 Å². The summed E-state index contributed by atoms with van der Waals surface area (Å²) in [5.41, 5.74) is 2.26. The van der Waals surface area contributed by atoms with Crippen molar-refractivity contribution in [3.05, 3.63) is 71.3 Å². The van der Waals surface area contributed by atoms with E-state index in [1.54, 1.807) is 28.6 Å². The number of rotatable bonds is 6. The Hall–Kier alpha value is -2.18. The summed E-state index contributed by atoms with van der Waals surface area (Å²) in [4.78, 5) is 12.4. The second-order valence-electron chi connectivity index (χ2n) is 7.02. The van der Waals surface area contributed by atoms with Gasteiger partial charge < -0.3 is 5.32 Å². The Morgan fingerprint density at radius 2 is 1.63 bits per heavy atom. The number of hydrogen-bond donors (Lipinski definition) is 1. The third-order valence-electron chi connectivity index (χ3n) is 4.92. The van der Waals surface area contributed by atoms with Crippen LogP contribution in [0.5, 0.6) is 0 Å². The SMILES string of the molecule is C[C@@H](NC(=O)c1ccc(CS(=O)(=O)N2CCCCC2)cc1)c1ccccc1. The highest BCUT2D eigenvalue weighted by Gasteiger charge is 2.24. The largest absolute Gasteiger partial charge is 0.346 e. The lowest BCUT2D eigenvalue weighted by Gasteiger charge is -2.25. The lowest BCUT2D eigenvalue weighted by molar-refractivity contribution is 0.0940. The van der Waals surface area contributed by atoms with Gasteiger partial charge >= 0.3 is 0 Å². The van der Waals surface area contributed by atoms with Crippen LogP contribution in [0.15, 0.2) is 54.6 Å². The van der Waals surface area contributed by atoms with Crippen LogP contribution < -0.4 is 5.32 Å². The fourth-order valence-electron chi connectivity index (χ4n) is 3.30. The number of nitrogens with zero attached hydrogens (tertiary/aromatic N) is 1. The minimum atomic E-state index is -3.29. The van der Waals surface area contributed by atoms with E-state index in [2.05, 4.69) is 5.32 Å². The van der Waals surface area contributed by atoms with Crippen molar-refractivity contribution in [2.75, 3.05) is 13.1 Å². The van der Waals surface area contributed by atoms with Crippen molar-refractivity contribution < 1.29 is 13.2 Å². The van der Waals surface area contributed by atoms with Gasteiger partial charge in [-0.25, -0.2) is 12.7 Å². The lowest BCUT2D eigenvalue weighted by atomic mass is 10.1. The number of carbonyl (C=O) groups is 1. The molecule has 5 nitrogen and oxygen atoms in total. The Morgan fingerprint density at radius 3 is 2.26 bits per heavy atom. The molecule has 2 aromatic carbocycles. The monoisotopic (exact) mass is 386 g/mol. The molecule has 0 aliphatic carbocycles. The fraction of sp³-hybridized carbons (Fsp3) is 0.381. The highest BCUT2D eigenvalue weighted by Crippen LogP contribution is 2.18. The van der Waals surface area contributed by atoms with Crippen LogP contribution >= 0.6 is 0 Å². The maximum absolute atomic E-state index is 12.5. The van der Waals surface area contributed by atoms with Crippen LogP contribution in [0, 0.1) is 0 Å². The molecular formula is C21H26N2O3S. The minimum absolute atomic E-state index is 0.0185. The highest BCUT2D eigenvalue weighted by atomic mass is 32.2. The normalized spacial score (nSPS) is 16.6. The molecule has 3 rings (SSSR count). The van der Waals surface area contributed by atoms with E-state index in [9.17, 15) is 13.2 Å². The third-order valence-corrected chi connectivity index (χ3v) is 6.77.